The minimum Gasteiger partial charge on any atom is -0.382 e. The topological polar surface area (TPSA) is 41.1 Å². The molecule has 1 aromatic carbocycles. The first-order valence-corrected chi connectivity index (χ1v) is 7.73. The van der Waals surface area contributed by atoms with Crippen LogP contribution in [0.5, 0.6) is 0 Å². The van der Waals surface area contributed by atoms with E-state index in [0.717, 1.165) is 17.3 Å². The lowest BCUT2D eigenvalue weighted by molar-refractivity contribution is -0.118. The molecule has 1 aliphatic rings. The Morgan fingerprint density at radius 1 is 1.10 bits per heavy atom. The third-order valence-electron chi connectivity index (χ3n) is 4.14. The molecule has 0 aromatic heterocycles. The molecule has 0 radical (unpaired) electrons. The number of benzene rings is 1. The highest BCUT2D eigenvalue weighted by molar-refractivity contribution is 5.92. The SMILES string of the molecule is CC(C)C(=O)Nc1ccc(NC2CCCCC2C)cc1. The van der Waals surface area contributed by atoms with Crippen molar-refractivity contribution in [3.8, 4) is 0 Å². The number of hydrogen-bond acceptors (Lipinski definition) is 2. The summed E-state index contributed by atoms with van der Waals surface area (Å²) in [6.07, 6.45) is 5.26. The molecule has 20 heavy (non-hydrogen) atoms. The molecule has 2 N–H and O–H groups in total. The Kier molecular flexibility index (Phi) is 5.05. The summed E-state index contributed by atoms with van der Waals surface area (Å²) in [4.78, 5) is 11.6. The van der Waals surface area contributed by atoms with Gasteiger partial charge in [-0.2, -0.15) is 0 Å². The summed E-state index contributed by atoms with van der Waals surface area (Å²) in [5.74, 6) is 0.812. The van der Waals surface area contributed by atoms with Gasteiger partial charge in [-0.3, -0.25) is 4.79 Å². The van der Waals surface area contributed by atoms with Crippen molar-refractivity contribution in [1.82, 2.24) is 0 Å². The average Bonchev–Trinajstić information content (AvgIpc) is 2.43. The van der Waals surface area contributed by atoms with Gasteiger partial charge in [0.15, 0.2) is 0 Å². The molecule has 3 nitrogen and oxygen atoms in total. The van der Waals surface area contributed by atoms with Crippen molar-refractivity contribution in [3.63, 3.8) is 0 Å². The van der Waals surface area contributed by atoms with Crippen molar-refractivity contribution in [3.05, 3.63) is 24.3 Å². The van der Waals surface area contributed by atoms with Gasteiger partial charge in [0.05, 0.1) is 0 Å². The quantitative estimate of drug-likeness (QED) is 0.860. The Hall–Kier alpha value is -1.51. The van der Waals surface area contributed by atoms with Gasteiger partial charge in [-0.25, -0.2) is 0 Å². The maximum atomic E-state index is 11.6. The zero-order valence-corrected chi connectivity index (χ0v) is 12.8. The van der Waals surface area contributed by atoms with Gasteiger partial charge in [-0.05, 0) is 43.0 Å². The van der Waals surface area contributed by atoms with E-state index < -0.39 is 0 Å². The molecule has 0 bridgehead atoms. The molecular formula is C17H26N2O. The number of amides is 1. The van der Waals surface area contributed by atoms with Crippen molar-refractivity contribution in [2.24, 2.45) is 11.8 Å². The molecule has 1 amide bonds. The zero-order valence-electron chi connectivity index (χ0n) is 12.8. The van der Waals surface area contributed by atoms with E-state index in [4.69, 9.17) is 0 Å². The second-order valence-electron chi connectivity index (χ2n) is 6.23. The molecule has 1 aromatic rings. The first kappa shape index (κ1) is 14.9. The molecule has 2 rings (SSSR count). The van der Waals surface area contributed by atoms with Crippen molar-refractivity contribution in [1.29, 1.82) is 0 Å². The third-order valence-corrected chi connectivity index (χ3v) is 4.14. The third kappa shape index (κ3) is 3.99. The molecule has 0 heterocycles. The lowest BCUT2D eigenvalue weighted by Crippen LogP contribution is -2.30. The van der Waals surface area contributed by atoms with Crippen LogP contribution >= 0.6 is 0 Å². The summed E-state index contributed by atoms with van der Waals surface area (Å²) in [7, 11) is 0. The highest BCUT2D eigenvalue weighted by Gasteiger charge is 2.20. The maximum absolute atomic E-state index is 11.6. The molecule has 110 valence electrons. The molecule has 0 spiro atoms. The minimum absolute atomic E-state index is 0.0101. The number of carbonyl (C=O) groups is 1. The average molecular weight is 274 g/mol. The number of carbonyl (C=O) groups excluding carboxylic acids is 1. The van der Waals surface area contributed by atoms with Crippen LogP contribution in [0.25, 0.3) is 0 Å². The van der Waals surface area contributed by atoms with Crippen LogP contribution in [0, 0.1) is 11.8 Å². The maximum Gasteiger partial charge on any atom is 0.226 e. The van der Waals surface area contributed by atoms with Gasteiger partial charge in [0.25, 0.3) is 0 Å². The minimum atomic E-state index is 0.0101. The Labute approximate surface area is 122 Å². The van der Waals surface area contributed by atoms with Crippen LogP contribution < -0.4 is 10.6 Å². The fourth-order valence-corrected chi connectivity index (χ4v) is 2.68. The number of hydrogen-bond donors (Lipinski definition) is 2. The number of anilines is 2. The van der Waals surface area contributed by atoms with Crippen molar-refractivity contribution >= 4 is 17.3 Å². The highest BCUT2D eigenvalue weighted by Crippen LogP contribution is 2.27. The van der Waals surface area contributed by atoms with Gasteiger partial charge in [0.2, 0.25) is 5.91 Å². The van der Waals surface area contributed by atoms with E-state index >= 15 is 0 Å². The van der Waals surface area contributed by atoms with Crippen molar-refractivity contribution < 1.29 is 4.79 Å². The second-order valence-corrected chi connectivity index (χ2v) is 6.23. The summed E-state index contributed by atoms with van der Waals surface area (Å²) >= 11 is 0. The van der Waals surface area contributed by atoms with E-state index in [1.54, 1.807) is 0 Å². The van der Waals surface area contributed by atoms with Crippen LogP contribution in [0.1, 0.15) is 46.5 Å². The molecule has 1 aliphatic carbocycles. The van der Waals surface area contributed by atoms with Crippen LogP contribution in [0.15, 0.2) is 24.3 Å². The van der Waals surface area contributed by atoms with E-state index in [2.05, 4.69) is 29.7 Å². The first-order valence-electron chi connectivity index (χ1n) is 7.73. The van der Waals surface area contributed by atoms with Crippen LogP contribution in [0.3, 0.4) is 0 Å². The summed E-state index contributed by atoms with van der Waals surface area (Å²) in [5.41, 5.74) is 2.01. The van der Waals surface area contributed by atoms with Crippen LogP contribution in [-0.4, -0.2) is 11.9 Å². The molecular weight excluding hydrogens is 248 g/mol. The second kappa shape index (κ2) is 6.78. The van der Waals surface area contributed by atoms with E-state index in [1.165, 1.54) is 25.7 Å². The number of nitrogens with one attached hydrogen (secondary N) is 2. The smallest absolute Gasteiger partial charge is 0.226 e. The van der Waals surface area contributed by atoms with Gasteiger partial charge in [-0.1, -0.05) is 33.6 Å². The molecule has 0 saturated heterocycles. The predicted octanol–water partition coefficient (Wildman–Crippen LogP) is 4.27. The van der Waals surface area contributed by atoms with E-state index in [-0.39, 0.29) is 11.8 Å². The lowest BCUT2D eigenvalue weighted by Gasteiger charge is -2.30. The van der Waals surface area contributed by atoms with Crippen LogP contribution in [0.4, 0.5) is 11.4 Å². The van der Waals surface area contributed by atoms with E-state index in [9.17, 15) is 4.79 Å². The Bertz CT molecular complexity index is 439. The molecule has 0 aliphatic heterocycles. The lowest BCUT2D eigenvalue weighted by atomic mass is 9.86. The van der Waals surface area contributed by atoms with Gasteiger partial charge < -0.3 is 10.6 Å². The highest BCUT2D eigenvalue weighted by atomic mass is 16.1. The summed E-state index contributed by atoms with van der Waals surface area (Å²) in [5, 5.41) is 6.54. The van der Waals surface area contributed by atoms with Crippen molar-refractivity contribution in [2.75, 3.05) is 10.6 Å². The van der Waals surface area contributed by atoms with Gasteiger partial charge >= 0.3 is 0 Å². The van der Waals surface area contributed by atoms with Crippen LogP contribution in [0.2, 0.25) is 0 Å². The Balaban J connectivity index is 1.92. The fraction of sp³-hybridized carbons (Fsp3) is 0.588. The van der Waals surface area contributed by atoms with Gasteiger partial charge in [-0.15, -0.1) is 0 Å². The monoisotopic (exact) mass is 274 g/mol. The van der Waals surface area contributed by atoms with E-state index in [0.29, 0.717) is 6.04 Å². The summed E-state index contributed by atoms with van der Waals surface area (Å²) in [6, 6.07) is 8.63. The van der Waals surface area contributed by atoms with E-state index in [1.807, 2.05) is 26.0 Å². The normalized spacial score (nSPS) is 22.6. The van der Waals surface area contributed by atoms with Crippen LogP contribution in [-0.2, 0) is 4.79 Å². The zero-order chi connectivity index (χ0) is 14.5. The number of rotatable bonds is 4. The largest absolute Gasteiger partial charge is 0.382 e. The van der Waals surface area contributed by atoms with Crippen molar-refractivity contribution in [2.45, 2.75) is 52.5 Å². The first-order chi connectivity index (χ1) is 9.56. The molecule has 1 fully saturated rings. The predicted molar refractivity (Wildman–Crippen MR) is 85.0 cm³/mol. The Morgan fingerprint density at radius 3 is 2.30 bits per heavy atom. The Morgan fingerprint density at radius 2 is 1.70 bits per heavy atom. The standard InChI is InChI=1S/C17H26N2O/c1-12(2)17(20)19-15-10-8-14(9-11-15)18-16-7-5-4-6-13(16)3/h8-13,16,18H,4-7H2,1-3H3,(H,19,20). The molecule has 1 saturated carbocycles. The fourth-order valence-electron chi connectivity index (χ4n) is 2.68. The molecule has 3 heteroatoms. The van der Waals surface area contributed by atoms with Gasteiger partial charge in [0.1, 0.15) is 0 Å². The molecule has 2 unspecified atom stereocenters. The summed E-state index contributed by atoms with van der Waals surface area (Å²) in [6.45, 7) is 6.12. The van der Waals surface area contributed by atoms with Gasteiger partial charge in [0, 0.05) is 23.3 Å². The molecule has 2 atom stereocenters. The summed E-state index contributed by atoms with van der Waals surface area (Å²) < 4.78 is 0.